The smallest absolute Gasteiger partial charge is 0.220 e. The number of ether oxygens (including phenoxy) is 2. The van der Waals surface area contributed by atoms with Crippen LogP contribution in [-0.2, 0) is 17.8 Å². The Labute approximate surface area is 166 Å². The molecule has 6 nitrogen and oxygen atoms in total. The fourth-order valence-corrected chi connectivity index (χ4v) is 3.36. The third-order valence-corrected chi connectivity index (χ3v) is 4.99. The van der Waals surface area contributed by atoms with Crippen LogP contribution in [0.4, 0.5) is 0 Å². The monoisotopic (exact) mass is 383 g/mol. The minimum absolute atomic E-state index is 0.0732. The molecule has 1 aromatic heterocycles. The number of aromatic nitrogens is 1. The van der Waals surface area contributed by atoms with Gasteiger partial charge in [-0.05, 0) is 42.7 Å². The number of hydrogen-bond donors (Lipinski definition) is 1. The van der Waals surface area contributed by atoms with Gasteiger partial charge in [-0.3, -0.25) is 14.7 Å². The zero-order valence-electron chi connectivity index (χ0n) is 16.7. The van der Waals surface area contributed by atoms with E-state index in [9.17, 15) is 4.79 Å². The van der Waals surface area contributed by atoms with E-state index >= 15 is 0 Å². The van der Waals surface area contributed by atoms with Crippen molar-refractivity contribution in [3.05, 3.63) is 53.9 Å². The lowest BCUT2D eigenvalue weighted by Crippen LogP contribution is -2.38. The molecule has 1 N–H and O–H groups in total. The van der Waals surface area contributed by atoms with E-state index in [2.05, 4.69) is 22.1 Å². The number of amides is 1. The standard InChI is InChI=1S/C22H29N3O3/c1-3-19-16-25(15-18-13-20(27-2)7-8-21(18)28-19)12-11-24-22(26)9-6-17-5-4-10-23-14-17/h4-5,7-8,10,13-14,19H,3,6,9,11-12,15-16H2,1-2H3,(H,24,26). The summed E-state index contributed by atoms with van der Waals surface area (Å²) in [4.78, 5) is 18.6. The molecular formula is C22H29N3O3. The molecule has 1 aliphatic heterocycles. The topological polar surface area (TPSA) is 63.7 Å². The second-order valence-corrected chi connectivity index (χ2v) is 7.07. The van der Waals surface area contributed by atoms with Gasteiger partial charge in [0.15, 0.2) is 0 Å². The second kappa shape index (κ2) is 10.1. The molecule has 0 saturated heterocycles. The van der Waals surface area contributed by atoms with Gasteiger partial charge < -0.3 is 14.8 Å². The Morgan fingerprint density at radius 3 is 3.04 bits per heavy atom. The van der Waals surface area contributed by atoms with Gasteiger partial charge in [0.05, 0.1) is 7.11 Å². The van der Waals surface area contributed by atoms with Crippen molar-refractivity contribution in [1.29, 1.82) is 0 Å². The van der Waals surface area contributed by atoms with Gasteiger partial charge in [0.1, 0.15) is 17.6 Å². The molecule has 1 aromatic carbocycles. The molecule has 0 bridgehead atoms. The number of pyridine rings is 1. The Balaban J connectivity index is 1.50. The second-order valence-electron chi connectivity index (χ2n) is 7.07. The fourth-order valence-electron chi connectivity index (χ4n) is 3.36. The summed E-state index contributed by atoms with van der Waals surface area (Å²) in [6.45, 7) is 5.18. The van der Waals surface area contributed by atoms with E-state index < -0.39 is 0 Å². The summed E-state index contributed by atoms with van der Waals surface area (Å²) >= 11 is 0. The van der Waals surface area contributed by atoms with E-state index in [-0.39, 0.29) is 12.0 Å². The van der Waals surface area contributed by atoms with Gasteiger partial charge in [-0.25, -0.2) is 0 Å². The Morgan fingerprint density at radius 1 is 1.39 bits per heavy atom. The highest BCUT2D eigenvalue weighted by molar-refractivity contribution is 5.76. The van der Waals surface area contributed by atoms with Crippen LogP contribution in [0, 0.1) is 0 Å². The molecule has 2 aromatic rings. The number of aryl methyl sites for hydroxylation is 1. The maximum atomic E-state index is 12.1. The highest BCUT2D eigenvalue weighted by Crippen LogP contribution is 2.29. The van der Waals surface area contributed by atoms with Crippen molar-refractivity contribution in [2.45, 2.75) is 38.8 Å². The van der Waals surface area contributed by atoms with Gasteiger partial charge in [-0.2, -0.15) is 0 Å². The number of methoxy groups -OCH3 is 1. The zero-order chi connectivity index (χ0) is 19.8. The average Bonchev–Trinajstić information content (AvgIpc) is 2.91. The highest BCUT2D eigenvalue weighted by atomic mass is 16.5. The molecule has 1 atom stereocenters. The molecule has 1 unspecified atom stereocenters. The molecule has 1 aliphatic rings. The molecular weight excluding hydrogens is 354 g/mol. The fraction of sp³-hybridized carbons (Fsp3) is 0.455. The molecule has 0 spiro atoms. The van der Waals surface area contributed by atoms with Crippen molar-refractivity contribution >= 4 is 5.91 Å². The van der Waals surface area contributed by atoms with Gasteiger partial charge in [0, 0.05) is 50.6 Å². The van der Waals surface area contributed by atoms with Crippen molar-refractivity contribution in [2.24, 2.45) is 0 Å². The lowest BCUT2D eigenvalue weighted by molar-refractivity contribution is -0.121. The van der Waals surface area contributed by atoms with Crippen LogP contribution in [0.2, 0.25) is 0 Å². The molecule has 150 valence electrons. The Bertz CT molecular complexity index is 767. The largest absolute Gasteiger partial charge is 0.497 e. The summed E-state index contributed by atoms with van der Waals surface area (Å²) in [7, 11) is 1.67. The summed E-state index contributed by atoms with van der Waals surface area (Å²) in [6, 6.07) is 9.84. The van der Waals surface area contributed by atoms with Gasteiger partial charge in [0.2, 0.25) is 5.91 Å². The van der Waals surface area contributed by atoms with E-state index in [1.807, 2.05) is 30.3 Å². The molecule has 3 rings (SSSR count). The molecule has 1 amide bonds. The first-order valence-electron chi connectivity index (χ1n) is 9.89. The first-order chi connectivity index (χ1) is 13.7. The number of fused-ring (bicyclic) bond motifs is 1. The van der Waals surface area contributed by atoms with Crippen LogP contribution in [0.25, 0.3) is 0 Å². The summed E-state index contributed by atoms with van der Waals surface area (Å²) in [6.07, 6.45) is 5.83. The zero-order valence-corrected chi connectivity index (χ0v) is 16.7. The summed E-state index contributed by atoms with van der Waals surface area (Å²) in [5, 5.41) is 3.03. The van der Waals surface area contributed by atoms with E-state index in [0.717, 1.165) is 48.7 Å². The quantitative estimate of drug-likeness (QED) is 0.759. The van der Waals surface area contributed by atoms with Crippen molar-refractivity contribution in [1.82, 2.24) is 15.2 Å². The summed E-state index contributed by atoms with van der Waals surface area (Å²) in [5.74, 6) is 1.83. The number of benzene rings is 1. The van der Waals surface area contributed by atoms with Crippen LogP contribution in [0.15, 0.2) is 42.7 Å². The molecule has 28 heavy (non-hydrogen) atoms. The normalized spacial score (nSPS) is 16.6. The maximum absolute atomic E-state index is 12.1. The molecule has 0 saturated carbocycles. The lowest BCUT2D eigenvalue weighted by atomic mass is 10.1. The van der Waals surface area contributed by atoms with E-state index in [4.69, 9.17) is 9.47 Å². The third kappa shape index (κ3) is 5.70. The number of carbonyl (C=O) groups excluding carboxylic acids is 1. The number of nitrogens with zero attached hydrogens (tertiary/aromatic N) is 2. The van der Waals surface area contributed by atoms with Crippen molar-refractivity contribution in [2.75, 3.05) is 26.7 Å². The van der Waals surface area contributed by atoms with Crippen LogP contribution in [0.3, 0.4) is 0 Å². The average molecular weight is 383 g/mol. The number of hydrogen-bond acceptors (Lipinski definition) is 5. The summed E-state index contributed by atoms with van der Waals surface area (Å²) < 4.78 is 11.5. The third-order valence-electron chi connectivity index (χ3n) is 4.99. The van der Waals surface area contributed by atoms with Crippen molar-refractivity contribution in [3.8, 4) is 11.5 Å². The highest BCUT2D eigenvalue weighted by Gasteiger charge is 2.22. The van der Waals surface area contributed by atoms with E-state index in [0.29, 0.717) is 19.4 Å². The number of carbonyl (C=O) groups is 1. The van der Waals surface area contributed by atoms with Crippen molar-refractivity contribution in [3.63, 3.8) is 0 Å². The Hall–Kier alpha value is -2.60. The molecule has 0 aliphatic carbocycles. The first-order valence-corrected chi connectivity index (χ1v) is 9.89. The van der Waals surface area contributed by atoms with E-state index in [1.54, 1.807) is 19.5 Å². The van der Waals surface area contributed by atoms with Crippen LogP contribution < -0.4 is 14.8 Å². The van der Waals surface area contributed by atoms with Gasteiger partial charge in [-0.1, -0.05) is 13.0 Å². The molecule has 6 heteroatoms. The first kappa shape index (κ1) is 20.1. The lowest BCUT2D eigenvalue weighted by Gasteiger charge is -2.23. The van der Waals surface area contributed by atoms with Crippen LogP contribution in [0.5, 0.6) is 11.5 Å². The minimum atomic E-state index is 0.0732. The van der Waals surface area contributed by atoms with Crippen molar-refractivity contribution < 1.29 is 14.3 Å². The van der Waals surface area contributed by atoms with Gasteiger partial charge in [0.25, 0.3) is 0 Å². The van der Waals surface area contributed by atoms with E-state index in [1.165, 1.54) is 0 Å². The molecule has 2 heterocycles. The SMILES string of the molecule is CCC1CN(CCNC(=O)CCc2cccnc2)Cc2cc(OC)ccc2O1. The van der Waals surface area contributed by atoms with Gasteiger partial charge in [-0.15, -0.1) is 0 Å². The van der Waals surface area contributed by atoms with Crippen LogP contribution in [-0.4, -0.2) is 48.6 Å². The van der Waals surface area contributed by atoms with Crippen LogP contribution in [0.1, 0.15) is 30.9 Å². The number of rotatable bonds is 8. The predicted octanol–water partition coefficient (Wildman–Crippen LogP) is 2.81. The van der Waals surface area contributed by atoms with Gasteiger partial charge >= 0.3 is 0 Å². The maximum Gasteiger partial charge on any atom is 0.220 e. The Morgan fingerprint density at radius 2 is 2.29 bits per heavy atom. The summed E-state index contributed by atoms with van der Waals surface area (Å²) in [5.41, 5.74) is 2.21. The minimum Gasteiger partial charge on any atom is -0.497 e. The molecule has 0 fully saturated rings. The number of nitrogens with one attached hydrogen (secondary N) is 1. The molecule has 0 radical (unpaired) electrons. The van der Waals surface area contributed by atoms with Crippen LogP contribution >= 0.6 is 0 Å². The Kier molecular flexibility index (Phi) is 7.25. The predicted molar refractivity (Wildman–Crippen MR) is 109 cm³/mol.